The maximum atomic E-state index is 12.8. The zero-order valence-electron chi connectivity index (χ0n) is 9.86. The molecule has 0 spiro atoms. The fourth-order valence-electron chi connectivity index (χ4n) is 1.44. The van der Waals surface area contributed by atoms with Crippen molar-refractivity contribution in [3.8, 4) is 0 Å². The van der Waals surface area contributed by atoms with Crippen LogP contribution in [0, 0.1) is 10.1 Å². The van der Waals surface area contributed by atoms with Gasteiger partial charge in [0.05, 0.1) is 4.92 Å². The number of nitro benzene ring substituents is 1. The van der Waals surface area contributed by atoms with Gasteiger partial charge in [-0.15, -0.1) is 0 Å². The Kier molecular flexibility index (Phi) is 5.44. The van der Waals surface area contributed by atoms with Crippen LogP contribution in [0.3, 0.4) is 0 Å². The molecule has 0 saturated carbocycles. The lowest BCUT2D eigenvalue weighted by Gasteiger charge is -2.11. The van der Waals surface area contributed by atoms with E-state index in [0.29, 0.717) is 19.6 Å². The number of halogens is 2. The first-order valence-electron chi connectivity index (χ1n) is 5.35. The maximum Gasteiger partial charge on any atom is 0.270 e. The minimum atomic E-state index is -2.75. The van der Waals surface area contributed by atoms with Crippen LogP contribution in [0.15, 0.2) is 18.2 Å². The number of nitrogens with zero attached hydrogens (tertiary/aromatic N) is 1. The van der Waals surface area contributed by atoms with Crippen LogP contribution in [-0.4, -0.2) is 25.2 Å². The molecule has 0 aromatic heterocycles. The average molecular weight is 260 g/mol. The fourth-order valence-corrected chi connectivity index (χ4v) is 1.44. The second-order valence-electron chi connectivity index (χ2n) is 3.60. The normalized spacial score (nSPS) is 10.7. The smallest absolute Gasteiger partial charge is 0.270 e. The molecule has 0 aliphatic heterocycles. The Morgan fingerprint density at radius 2 is 2.22 bits per heavy atom. The van der Waals surface area contributed by atoms with Crippen molar-refractivity contribution >= 4 is 11.4 Å². The van der Waals surface area contributed by atoms with E-state index in [0.717, 1.165) is 6.07 Å². The molecule has 1 aromatic carbocycles. The van der Waals surface area contributed by atoms with Gasteiger partial charge in [0.25, 0.3) is 12.1 Å². The Morgan fingerprint density at radius 1 is 1.50 bits per heavy atom. The summed E-state index contributed by atoms with van der Waals surface area (Å²) >= 11 is 0. The summed E-state index contributed by atoms with van der Waals surface area (Å²) in [7, 11) is 1.55. The summed E-state index contributed by atoms with van der Waals surface area (Å²) in [5, 5.41) is 13.3. The van der Waals surface area contributed by atoms with Gasteiger partial charge in [0, 0.05) is 43.6 Å². The highest BCUT2D eigenvalue weighted by molar-refractivity contribution is 5.56. The van der Waals surface area contributed by atoms with Crippen LogP contribution in [0.4, 0.5) is 20.2 Å². The number of hydrogen-bond acceptors (Lipinski definition) is 4. The molecule has 0 amide bonds. The highest BCUT2D eigenvalue weighted by Gasteiger charge is 2.17. The van der Waals surface area contributed by atoms with Gasteiger partial charge in [-0.05, 0) is 12.5 Å². The van der Waals surface area contributed by atoms with Gasteiger partial charge in [0.2, 0.25) is 0 Å². The van der Waals surface area contributed by atoms with Gasteiger partial charge in [-0.1, -0.05) is 0 Å². The van der Waals surface area contributed by atoms with Crippen molar-refractivity contribution in [3.05, 3.63) is 33.9 Å². The van der Waals surface area contributed by atoms with Gasteiger partial charge in [-0.2, -0.15) is 0 Å². The number of benzene rings is 1. The summed E-state index contributed by atoms with van der Waals surface area (Å²) in [6.07, 6.45) is -2.09. The van der Waals surface area contributed by atoms with Crippen molar-refractivity contribution in [1.82, 2.24) is 0 Å². The zero-order chi connectivity index (χ0) is 13.5. The van der Waals surface area contributed by atoms with Crippen LogP contribution >= 0.6 is 0 Å². The highest BCUT2D eigenvalue weighted by Crippen LogP contribution is 2.30. The largest absolute Gasteiger partial charge is 0.385 e. The molecule has 1 rings (SSSR count). The molecule has 1 aromatic rings. The van der Waals surface area contributed by atoms with Crippen LogP contribution in [-0.2, 0) is 4.74 Å². The number of anilines is 1. The van der Waals surface area contributed by atoms with E-state index < -0.39 is 11.3 Å². The van der Waals surface area contributed by atoms with E-state index in [1.807, 2.05) is 0 Å². The molecule has 100 valence electrons. The Labute approximate surface area is 103 Å². The van der Waals surface area contributed by atoms with Crippen LogP contribution in [0.25, 0.3) is 0 Å². The molecule has 1 N–H and O–H groups in total. The minimum Gasteiger partial charge on any atom is -0.385 e. The summed E-state index contributed by atoms with van der Waals surface area (Å²) in [6.45, 7) is 0.982. The molecule has 0 fully saturated rings. The Balaban J connectivity index is 2.80. The monoisotopic (exact) mass is 260 g/mol. The number of rotatable bonds is 7. The molecule has 0 aliphatic carbocycles. The summed E-state index contributed by atoms with van der Waals surface area (Å²) in [4.78, 5) is 9.82. The second kappa shape index (κ2) is 6.85. The molecule has 0 atom stereocenters. The molecule has 0 aliphatic rings. The van der Waals surface area contributed by atoms with Crippen LogP contribution in [0.1, 0.15) is 18.4 Å². The van der Waals surface area contributed by atoms with Gasteiger partial charge < -0.3 is 10.1 Å². The Bertz CT molecular complexity index is 413. The van der Waals surface area contributed by atoms with E-state index in [9.17, 15) is 18.9 Å². The topological polar surface area (TPSA) is 64.4 Å². The summed E-state index contributed by atoms with van der Waals surface area (Å²) in [5.74, 6) is 0. The van der Waals surface area contributed by atoms with Crippen molar-refractivity contribution in [2.75, 3.05) is 25.6 Å². The van der Waals surface area contributed by atoms with Crippen molar-refractivity contribution in [2.45, 2.75) is 12.8 Å². The molecular formula is C11H14F2N2O3. The van der Waals surface area contributed by atoms with Gasteiger partial charge in [0.15, 0.2) is 0 Å². The lowest BCUT2D eigenvalue weighted by molar-refractivity contribution is -0.385. The third-order valence-electron chi connectivity index (χ3n) is 2.32. The van der Waals surface area contributed by atoms with Crippen LogP contribution in [0.5, 0.6) is 0 Å². The van der Waals surface area contributed by atoms with Crippen molar-refractivity contribution in [2.24, 2.45) is 0 Å². The number of methoxy groups -OCH3 is 1. The predicted molar refractivity (Wildman–Crippen MR) is 63.0 cm³/mol. The molecule has 0 radical (unpaired) electrons. The van der Waals surface area contributed by atoms with Crippen molar-refractivity contribution in [1.29, 1.82) is 0 Å². The molecule has 0 heterocycles. The third-order valence-corrected chi connectivity index (χ3v) is 2.32. The molecule has 0 unspecified atom stereocenters. The van der Waals surface area contributed by atoms with E-state index in [1.54, 1.807) is 7.11 Å². The maximum absolute atomic E-state index is 12.8. The average Bonchev–Trinajstić information content (AvgIpc) is 2.34. The van der Waals surface area contributed by atoms with Gasteiger partial charge >= 0.3 is 0 Å². The second-order valence-corrected chi connectivity index (χ2v) is 3.60. The van der Waals surface area contributed by atoms with E-state index in [-0.39, 0.29) is 16.9 Å². The first-order chi connectivity index (χ1) is 8.56. The third kappa shape index (κ3) is 3.92. The van der Waals surface area contributed by atoms with E-state index in [1.165, 1.54) is 12.1 Å². The number of hydrogen-bond donors (Lipinski definition) is 1. The van der Waals surface area contributed by atoms with E-state index in [2.05, 4.69) is 5.32 Å². The number of ether oxygens (including phenoxy) is 1. The minimum absolute atomic E-state index is 0.215. The molecule has 18 heavy (non-hydrogen) atoms. The first kappa shape index (κ1) is 14.3. The standard InChI is InChI=1S/C11H14F2N2O3/c1-18-6-2-5-14-10-4-3-8(15(16)17)7-9(10)11(12)13/h3-4,7,11,14H,2,5-6H2,1H3. The summed E-state index contributed by atoms with van der Waals surface area (Å²) in [6, 6.07) is 3.39. The predicted octanol–water partition coefficient (Wildman–Crippen LogP) is 2.98. The van der Waals surface area contributed by atoms with Gasteiger partial charge in [-0.3, -0.25) is 10.1 Å². The quantitative estimate of drug-likeness (QED) is 0.465. The SMILES string of the molecule is COCCCNc1ccc([N+](=O)[O-])cc1C(F)F. The molecule has 0 bridgehead atoms. The number of non-ortho nitro benzene ring substituents is 1. The molecule has 7 heteroatoms. The Morgan fingerprint density at radius 3 is 2.78 bits per heavy atom. The van der Waals surface area contributed by atoms with Gasteiger partial charge in [-0.25, -0.2) is 8.78 Å². The molecular weight excluding hydrogens is 246 g/mol. The van der Waals surface area contributed by atoms with E-state index in [4.69, 9.17) is 4.74 Å². The van der Waals surface area contributed by atoms with Crippen LogP contribution < -0.4 is 5.32 Å². The summed E-state index contributed by atoms with van der Waals surface area (Å²) < 4.78 is 30.3. The molecule has 5 nitrogen and oxygen atoms in total. The number of nitrogens with one attached hydrogen (secondary N) is 1. The fraction of sp³-hybridized carbons (Fsp3) is 0.455. The Hall–Kier alpha value is -1.76. The highest BCUT2D eigenvalue weighted by atomic mass is 19.3. The summed E-state index contributed by atoms with van der Waals surface area (Å²) in [5.41, 5.74) is -0.485. The number of nitro groups is 1. The van der Waals surface area contributed by atoms with Crippen molar-refractivity contribution in [3.63, 3.8) is 0 Å². The van der Waals surface area contributed by atoms with Crippen molar-refractivity contribution < 1.29 is 18.4 Å². The first-order valence-corrected chi connectivity index (χ1v) is 5.35. The van der Waals surface area contributed by atoms with E-state index >= 15 is 0 Å². The lowest BCUT2D eigenvalue weighted by atomic mass is 10.1. The molecule has 0 saturated heterocycles. The van der Waals surface area contributed by atoms with Gasteiger partial charge in [0.1, 0.15) is 0 Å². The van der Waals surface area contributed by atoms with Crippen LogP contribution in [0.2, 0.25) is 0 Å². The number of alkyl halides is 2. The zero-order valence-corrected chi connectivity index (χ0v) is 9.86. The lowest BCUT2D eigenvalue weighted by Crippen LogP contribution is -2.07.